The molecule has 17 heavy (non-hydrogen) atoms. The van der Waals surface area contributed by atoms with Gasteiger partial charge in [0.15, 0.2) is 0 Å². The molecule has 0 bridgehead atoms. The van der Waals surface area contributed by atoms with Crippen LogP contribution in [0.2, 0.25) is 0 Å². The molecule has 1 unspecified atom stereocenters. The molecule has 1 rings (SSSR count). The van der Waals surface area contributed by atoms with Crippen molar-refractivity contribution in [3.63, 3.8) is 0 Å². The molecule has 0 saturated heterocycles. The van der Waals surface area contributed by atoms with Gasteiger partial charge in [-0.1, -0.05) is 41.7 Å². The zero-order chi connectivity index (χ0) is 12.9. The van der Waals surface area contributed by atoms with Crippen molar-refractivity contribution in [1.29, 1.82) is 0 Å². The van der Waals surface area contributed by atoms with Gasteiger partial charge in [-0.25, -0.2) is 0 Å². The Balaban J connectivity index is 2.54. The van der Waals surface area contributed by atoms with Crippen LogP contribution in [0.3, 0.4) is 0 Å². The number of hydrogen-bond donors (Lipinski definition) is 1. The predicted octanol–water partition coefficient (Wildman–Crippen LogP) is 4.21. The largest absolute Gasteiger partial charge is 0.337 e. The summed E-state index contributed by atoms with van der Waals surface area (Å²) in [5.74, 6) is 0. The minimum absolute atomic E-state index is 0.0112. The monoisotopic (exact) mass is 308 g/mol. The second-order valence-electron chi connectivity index (χ2n) is 3.92. The molecule has 96 valence electrons. The van der Waals surface area contributed by atoms with Crippen molar-refractivity contribution in [3.05, 3.63) is 35.9 Å². The van der Waals surface area contributed by atoms with E-state index in [9.17, 15) is 4.89 Å². The fourth-order valence-electron chi connectivity index (χ4n) is 1.22. The molecule has 1 N–H and O–H groups in total. The van der Waals surface area contributed by atoms with Crippen molar-refractivity contribution in [2.75, 3.05) is 12.2 Å². The molecule has 0 radical (unpaired) electrons. The van der Waals surface area contributed by atoms with Crippen LogP contribution < -0.4 is 0 Å². The summed E-state index contributed by atoms with van der Waals surface area (Å²) in [7, 11) is 1.46. The molecule has 0 fully saturated rings. The van der Waals surface area contributed by atoms with E-state index in [1.54, 1.807) is 11.8 Å². The first-order valence-corrected chi connectivity index (χ1v) is 10.3. The lowest BCUT2D eigenvalue weighted by Gasteiger charge is -2.25. The Morgan fingerprint density at radius 2 is 1.94 bits per heavy atom. The van der Waals surface area contributed by atoms with E-state index in [-0.39, 0.29) is 4.75 Å². The Hall–Kier alpha value is 0.490. The molecule has 6 heteroatoms. The summed E-state index contributed by atoms with van der Waals surface area (Å²) in [5, 5.41) is 0.726. The minimum Gasteiger partial charge on any atom is -0.337 e. The molecule has 0 amide bonds. The summed E-state index contributed by atoms with van der Waals surface area (Å²) in [6.45, 7) is 4.34. The molecule has 1 atom stereocenters. The van der Waals surface area contributed by atoms with Gasteiger partial charge in [0, 0.05) is 16.9 Å². The van der Waals surface area contributed by atoms with E-state index in [4.69, 9.17) is 16.3 Å². The van der Waals surface area contributed by atoms with Crippen LogP contribution in [0.5, 0.6) is 0 Å². The molecule has 1 aromatic rings. The minimum atomic E-state index is -2.62. The summed E-state index contributed by atoms with van der Waals surface area (Å²) in [5.41, 5.74) is -1.35. The van der Waals surface area contributed by atoms with Crippen LogP contribution in [0.4, 0.5) is 0 Å². The van der Waals surface area contributed by atoms with E-state index in [0.29, 0.717) is 0 Å². The Bertz CT molecular complexity index is 395. The average molecular weight is 308 g/mol. The quantitative estimate of drug-likeness (QED) is 0.628. The second-order valence-corrected chi connectivity index (χ2v) is 12.2. The molecule has 0 saturated carbocycles. The fourth-order valence-corrected chi connectivity index (χ4v) is 6.70. The van der Waals surface area contributed by atoms with Crippen LogP contribution in [0.1, 0.15) is 19.4 Å². The normalized spacial score (nSPS) is 15.5. The van der Waals surface area contributed by atoms with Gasteiger partial charge >= 0.3 is 0 Å². The summed E-state index contributed by atoms with van der Waals surface area (Å²) in [4.78, 5) is 9.64. The molecule has 0 heterocycles. The van der Waals surface area contributed by atoms with E-state index in [0.717, 1.165) is 5.08 Å². The van der Waals surface area contributed by atoms with Gasteiger partial charge in [-0.3, -0.25) is 0 Å². The molecule has 0 aliphatic heterocycles. The Kier molecular flexibility index (Phi) is 6.03. The number of hydrogen-bond acceptors (Lipinski definition) is 4. The smallest absolute Gasteiger partial charge is 0.245 e. The third kappa shape index (κ3) is 5.33. The molecule has 0 aromatic heterocycles. The van der Waals surface area contributed by atoms with E-state index < -0.39 is 5.69 Å². The number of benzene rings is 1. The third-order valence-corrected chi connectivity index (χ3v) is 8.74. The van der Waals surface area contributed by atoms with Gasteiger partial charge in [0.05, 0.1) is 0 Å². The SMILES string of the molecule is COP(O)(=S)SCSC(C)(C)c1ccccc1. The maximum absolute atomic E-state index is 9.64. The van der Waals surface area contributed by atoms with E-state index in [1.165, 1.54) is 24.1 Å². The maximum Gasteiger partial charge on any atom is 0.245 e. The highest BCUT2D eigenvalue weighted by molar-refractivity contribution is 8.69. The summed E-state index contributed by atoms with van der Waals surface area (Å²) >= 11 is 8.02. The van der Waals surface area contributed by atoms with E-state index in [1.807, 2.05) is 18.2 Å². The Labute approximate surface area is 116 Å². The van der Waals surface area contributed by atoms with Crippen LogP contribution >= 0.6 is 28.8 Å². The van der Waals surface area contributed by atoms with Crippen molar-refractivity contribution in [3.8, 4) is 0 Å². The molecule has 0 spiro atoms. The number of rotatable bonds is 6. The van der Waals surface area contributed by atoms with Crippen LogP contribution in [-0.2, 0) is 21.1 Å². The zero-order valence-corrected chi connectivity index (χ0v) is 13.5. The topological polar surface area (TPSA) is 29.5 Å². The fraction of sp³-hybridized carbons (Fsp3) is 0.455. The first-order chi connectivity index (χ1) is 7.87. The standard InChI is InChI=1S/C11H17O2PS3/c1-11(2,10-7-5-4-6-8-10)16-9-17-14(12,15)13-3/h4-8H,9H2,1-3H3,(H,12,15). The van der Waals surface area contributed by atoms with Gasteiger partial charge in [0.2, 0.25) is 5.69 Å². The highest BCUT2D eigenvalue weighted by Crippen LogP contribution is 2.57. The first kappa shape index (κ1) is 15.5. The highest BCUT2D eigenvalue weighted by atomic mass is 32.9. The summed E-state index contributed by atoms with van der Waals surface area (Å²) in [6.07, 6.45) is 0. The third-order valence-electron chi connectivity index (χ3n) is 2.34. The van der Waals surface area contributed by atoms with E-state index in [2.05, 4.69) is 26.0 Å². The molecular formula is C11H17O2PS3. The average Bonchev–Trinajstić information content (AvgIpc) is 2.30. The molecule has 0 aliphatic rings. The lowest BCUT2D eigenvalue weighted by Crippen LogP contribution is -2.11. The zero-order valence-electron chi connectivity index (χ0n) is 10.1. The molecule has 1 aromatic carbocycles. The summed E-state index contributed by atoms with van der Waals surface area (Å²) in [6, 6.07) is 10.3. The van der Waals surface area contributed by atoms with Crippen LogP contribution in [-0.4, -0.2) is 17.1 Å². The van der Waals surface area contributed by atoms with Gasteiger partial charge in [-0.05, 0) is 31.2 Å². The van der Waals surface area contributed by atoms with Crippen molar-refractivity contribution >= 4 is 40.6 Å². The Morgan fingerprint density at radius 3 is 2.47 bits per heavy atom. The van der Waals surface area contributed by atoms with Crippen molar-refractivity contribution in [1.82, 2.24) is 0 Å². The van der Waals surface area contributed by atoms with Gasteiger partial charge in [0.25, 0.3) is 0 Å². The first-order valence-electron chi connectivity index (χ1n) is 5.10. The summed E-state index contributed by atoms with van der Waals surface area (Å²) < 4.78 is 4.90. The van der Waals surface area contributed by atoms with Crippen LogP contribution in [0, 0.1) is 0 Å². The number of thioether (sulfide) groups is 1. The maximum atomic E-state index is 9.64. The van der Waals surface area contributed by atoms with Crippen molar-refractivity contribution < 1.29 is 9.42 Å². The van der Waals surface area contributed by atoms with Gasteiger partial charge in [-0.2, -0.15) is 0 Å². The van der Waals surface area contributed by atoms with Crippen molar-refractivity contribution in [2.45, 2.75) is 18.6 Å². The molecule has 0 aliphatic carbocycles. The van der Waals surface area contributed by atoms with E-state index >= 15 is 0 Å². The van der Waals surface area contributed by atoms with Crippen LogP contribution in [0.25, 0.3) is 0 Å². The highest BCUT2D eigenvalue weighted by Gasteiger charge is 2.22. The second kappa shape index (κ2) is 6.60. The van der Waals surface area contributed by atoms with Gasteiger partial charge < -0.3 is 9.42 Å². The lowest BCUT2D eigenvalue weighted by atomic mass is 10.0. The molecular weight excluding hydrogens is 291 g/mol. The Morgan fingerprint density at radius 1 is 1.35 bits per heavy atom. The van der Waals surface area contributed by atoms with Gasteiger partial charge in [-0.15, -0.1) is 11.8 Å². The molecule has 2 nitrogen and oxygen atoms in total. The van der Waals surface area contributed by atoms with Crippen LogP contribution in [0.15, 0.2) is 30.3 Å². The lowest BCUT2D eigenvalue weighted by molar-refractivity contribution is 0.404. The van der Waals surface area contributed by atoms with Gasteiger partial charge in [0.1, 0.15) is 0 Å². The van der Waals surface area contributed by atoms with Crippen molar-refractivity contribution in [2.24, 2.45) is 0 Å². The predicted molar refractivity (Wildman–Crippen MR) is 83.0 cm³/mol.